The van der Waals surface area contributed by atoms with E-state index in [1.807, 2.05) is 6.92 Å². The molecule has 2 heterocycles. The van der Waals surface area contributed by atoms with Crippen molar-refractivity contribution in [2.24, 2.45) is 0 Å². The van der Waals surface area contributed by atoms with E-state index in [9.17, 15) is 13.2 Å². The first-order valence-electron chi connectivity index (χ1n) is 6.14. The van der Waals surface area contributed by atoms with Crippen LogP contribution in [0.15, 0.2) is 27.9 Å². The summed E-state index contributed by atoms with van der Waals surface area (Å²) in [4.78, 5) is 15.3. The number of thiophene rings is 1. The summed E-state index contributed by atoms with van der Waals surface area (Å²) in [5.74, 6) is -0.983. The van der Waals surface area contributed by atoms with E-state index in [4.69, 9.17) is 5.11 Å². The number of rotatable bonds is 7. The lowest BCUT2D eigenvalue weighted by molar-refractivity contribution is -0.136. The molecule has 21 heavy (non-hydrogen) atoms. The number of carboxylic acid groups (broad SMARTS) is 1. The second kappa shape index (κ2) is 6.65. The van der Waals surface area contributed by atoms with E-state index in [0.29, 0.717) is 16.3 Å². The van der Waals surface area contributed by atoms with Gasteiger partial charge in [0.15, 0.2) is 0 Å². The molecule has 0 aromatic carbocycles. The molecule has 2 aromatic rings. The lowest BCUT2D eigenvalue weighted by atomic mass is 10.3. The van der Waals surface area contributed by atoms with Crippen LogP contribution in [-0.2, 0) is 21.2 Å². The van der Waals surface area contributed by atoms with Crippen LogP contribution in [0.1, 0.15) is 29.3 Å². The molecule has 0 saturated carbocycles. The first-order chi connectivity index (χ1) is 9.92. The molecule has 0 aliphatic rings. The smallest absolute Gasteiger partial charge is 0.308 e. The van der Waals surface area contributed by atoms with Gasteiger partial charge in [-0.25, -0.2) is 18.1 Å². The summed E-state index contributed by atoms with van der Waals surface area (Å²) in [7, 11) is -3.67. The van der Waals surface area contributed by atoms with E-state index >= 15 is 0 Å². The largest absolute Gasteiger partial charge is 0.481 e. The van der Waals surface area contributed by atoms with Crippen molar-refractivity contribution in [1.82, 2.24) is 9.71 Å². The number of sulfonamides is 1. The zero-order chi connectivity index (χ0) is 15.5. The monoisotopic (exact) mass is 346 g/mol. The van der Waals surface area contributed by atoms with Gasteiger partial charge in [-0.15, -0.1) is 22.7 Å². The Morgan fingerprint density at radius 2 is 2.24 bits per heavy atom. The third-order valence-electron chi connectivity index (χ3n) is 2.68. The Morgan fingerprint density at radius 1 is 1.48 bits per heavy atom. The molecule has 1 atom stereocenters. The van der Waals surface area contributed by atoms with Crippen molar-refractivity contribution in [2.45, 2.75) is 30.0 Å². The molecule has 0 aliphatic carbocycles. The van der Waals surface area contributed by atoms with Crippen LogP contribution in [-0.4, -0.2) is 24.5 Å². The summed E-state index contributed by atoms with van der Waals surface area (Å²) in [6.07, 6.45) is 2.04. The molecule has 0 saturated heterocycles. The molecule has 114 valence electrons. The first kappa shape index (κ1) is 16.1. The predicted molar refractivity (Wildman–Crippen MR) is 81.1 cm³/mol. The summed E-state index contributed by atoms with van der Waals surface area (Å²) >= 11 is 2.36. The molecule has 2 N–H and O–H groups in total. The molecular formula is C12H14N2O4S3. The van der Waals surface area contributed by atoms with Crippen molar-refractivity contribution in [1.29, 1.82) is 0 Å². The molecular weight excluding hydrogens is 332 g/mol. The molecule has 2 rings (SSSR count). The summed E-state index contributed by atoms with van der Waals surface area (Å²) in [5, 5.41) is 11.2. The lowest BCUT2D eigenvalue weighted by Gasteiger charge is -2.13. The number of carbonyl (C=O) groups is 1. The zero-order valence-corrected chi connectivity index (χ0v) is 13.6. The maximum Gasteiger partial charge on any atom is 0.308 e. The molecule has 6 nitrogen and oxygen atoms in total. The van der Waals surface area contributed by atoms with Crippen LogP contribution >= 0.6 is 22.7 Å². The Bertz CT molecular complexity index is 707. The fourth-order valence-corrected chi connectivity index (χ4v) is 5.20. The van der Waals surface area contributed by atoms with Crippen LogP contribution in [0, 0.1) is 0 Å². The van der Waals surface area contributed by atoms with Crippen LogP contribution in [0.4, 0.5) is 0 Å². The van der Waals surface area contributed by atoms with Crippen molar-refractivity contribution in [3.8, 4) is 0 Å². The van der Waals surface area contributed by atoms with Crippen LogP contribution in [0.2, 0.25) is 0 Å². The minimum absolute atomic E-state index is 0.119. The number of aromatic nitrogens is 1. The molecule has 0 aliphatic heterocycles. The van der Waals surface area contributed by atoms with Crippen LogP contribution < -0.4 is 4.72 Å². The summed E-state index contributed by atoms with van der Waals surface area (Å²) in [6.45, 7) is 1.87. The Hall–Kier alpha value is -1.29. The molecule has 0 amide bonds. The molecule has 9 heteroatoms. The first-order valence-corrected chi connectivity index (χ1v) is 9.32. The van der Waals surface area contributed by atoms with Gasteiger partial charge in [-0.1, -0.05) is 6.92 Å². The standard InChI is InChI=1S/C12H14N2O4S3/c1-2-9(12-13-5-6-19-12)14-21(17,18)11-4-3-8(20-11)7-10(15)16/h3-6,9,14H,2,7H2,1H3,(H,15,16). The van der Waals surface area contributed by atoms with Crippen LogP contribution in [0.3, 0.4) is 0 Å². The molecule has 2 aromatic heterocycles. The number of thiazole rings is 1. The Morgan fingerprint density at radius 3 is 2.81 bits per heavy atom. The van der Waals surface area contributed by atoms with Crippen LogP contribution in [0.25, 0.3) is 0 Å². The van der Waals surface area contributed by atoms with E-state index < -0.39 is 16.0 Å². The molecule has 0 radical (unpaired) electrons. The highest BCUT2D eigenvalue weighted by atomic mass is 32.2. The zero-order valence-electron chi connectivity index (χ0n) is 11.1. The number of hydrogen-bond acceptors (Lipinski definition) is 6. The number of nitrogens with zero attached hydrogens (tertiary/aromatic N) is 1. The minimum atomic E-state index is -3.67. The van der Waals surface area contributed by atoms with Gasteiger partial charge >= 0.3 is 5.97 Å². The summed E-state index contributed by atoms with van der Waals surface area (Å²) < 4.78 is 27.4. The maximum absolute atomic E-state index is 12.3. The van der Waals surface area contributed by atoms with Gasteiger partial charge in [0.05, 0.1) is 12.5 Å². The lowest BCUT2D eigenvalue weighted by Crippen LogP contribution is -2.27. The number of aliphatic carboxylic acids is 1. The Balaban J connectivity index is 2.17. The average molecular weight is 346 g/mol. The third-order valence-corrected chi connectivity index (χ3v) is 6.62. The van der Waals surface area contributed by atoms with Crippen LogP contribution in [0.5, 0.6) is 0 Å². The fourth-order valence-electron chi connectivity index (χ4n) is 1.71. The minimum Gasteiger partial charge on any atom is -0.481 e. The Kier molecular flexibility index (Phi) is 5.09. The van der Waals surface area contributed by atoms with Gasteiger partial charge in [0.25, 0.3) is 10.0 Å². The summed E-state index contributed by atoms with van der Waals surface area (Å²) in [5.41, 5.74) is 0. The highest BCUT2D eigenvalue weighted by Crippen LogP contribution is 2.26. The van der Waals surface area contributed by atoms with E-state index in [2.05, 4.69) is 9.71 Å². The highest BCUT2D eigenvalue weighted by molar-refractivity contribution is 7.91. The molecule has 1 unspecified atom stereocenters. The van der Waals surface area contributed by atoms with Crippen molar-refractivity contribution in [3.05, 3.63) is 33.6 Å². The second-order valence-electron chi connectivity index (χ2n) is 4.24. The van der Waals surface area contributed by atoms with Gasteiger partial charge < -0.3 is 5.11 Å². The molecule has 0 fully saturated rings. The maximum atomic E-state index is 12.3. The fraction of sp³-hybridized carbons (Fsp3) is 0.333. The molecule has 0 spiro atoms. The Labute approximate surface area is 130 Å². The number of hydrogen-bond donors (Lipinski definition) is 2. The normalized spacial score (nSPS) is 13.2. The van der Waals surface area contributed by atoms with Gasteiger partial charge in [-0.2, -0.15) is 0 Å². The van der Waals surface area contributed by atoms with E-state index in [0.717, 1.165) is 11.3 Å². The van der Waals surface area contributed by atoms with Gasteiger partial charge in [0.1, 0.15) is 9.22 Å². The predicted octanol–water partition coefficient (Wildman–Crippen LogP) is 2.26. The number of nitrogens with one attached hydrogen (secondary N) is 1. The van der Waals surface area contributed by atoms with Crippen molar-refractivity contribution >= 4 is 38.7 Å². The van der Waals surface area contributed by atoms with Crippen molar-refractivity contribution < 1.29 is 18.3 Å². The van der Waals surface area contributed by atoms with E-state index in [1.54, 1.807) is 11.6 Å². The quantitative estimate of drug-likeness (QED) is 0.801. The van der Waals surface area contributed by atoms with Crippen molar-refractivity contribution in [2.75, 3.05) is 0 Å². The van der Waals surface area contributed by atoms with E-state index in [1.165, 1.54) is 23.5 Å². The molecule has 0 bridgehead atoms. The van der Waals surface area contributed by atoms with Gasteiger partial charge in [-0.05, 0) is 18.6 Å². The number of carboxylic acids is 1. The van der Waals surface area contributed by atoms with E-state index in [-0.39, 0.29) is 16.7 Å². The van der Waals surface area contributed by atoms with Gasteiger partial charge in [-0.3, -0.25) is 4.79 Å². The average Bonchev–Trinajstić information content (AvgIpc) is 3.06. The van der Waals surface area contributed by atoms with Crippen molar-refractivity contribution in [3.63, 3.8) is 0 Å². The second-order valence-corrected chi connectivity index (χ2v) is 8.28. The highest BCUT2D eigenvalue weighted by Gasteiger charge is 2.23. The van der Waals surface area contributed by atoms with Gasteiger partial charge in [0, 0.05) is 16.5 Å². The third kappa shape index (κ3) is 4.10. The topological polar surface area (TPSA) is 96.4 Å². The summed E-state index contributed by atoms with van der Waals surface area (Å²) in [6, 6.07) is 2.58. The van der Waals surface area contributed by atoms with Gasteiger partial charge in [0.2, 0.25) is 0 Å². The SMILES string of the molecule is CCC(NS(=O)(=O)c1ccc(CC(=O)O)s1)c1nccs1.